The Balaban J connectivity index is 1.40. The predicted molar refractivity (Wildman–Crippen MR) is 152 cm³/mol. The summed E-state index contributed by atoms with van der Waals surface area (Å²) in [5, 5.41) is 2.13. The lowest BCUT2D eigenvalue weighted by Gasteiger charge is -2.30. The van der Waals surface area contributed by atoms with Crippen molar-refractivity contribution in [1.29, 1.82) is 0 Å². The molecule has 0 saturated carbocycles. The number of imide groups is 1. The second-order valence-electron chi connectivity index (χ2n) is 9.87. The number of carbonyl (C=O) groups excluding carboxylic acids is 3. The van der Waals surface area contributed by atoms with E-state index in [1.54, 1.807) is 30.5 Å². The molecule has 6 rings (SSSR count). The van der Waals surface area contributed by atoms with Crippen molar-refractivity contribution in [3.05, 3.63) is 104 Å². The normalized spacial score (nSPS) is 19.9. The highest BCUT2D eigenvalue weighted by molar-refractivity contribution is 8.00. The highest BCUT2D eigenvalue weighted by Gasteiger charge is 2.57. The van der Waals surface area contributed by atoms with E-state index >= 15 is 0 Å². The van der Waals surface area contributed by atoms with Crippen LogP contribution in [-0.4, -0.2) is 32.5 Å². The van der Waals surface area contributed by atoms with E-state index in [-0.39, 0.29) is 12.2 Å². The maximum Gasteiger partial charge on any atom is 0.416 e. The van der Waals surface area contributed by atoms with Crippen molar-refractivity contribution in [3.8, 4) is 0 Å². The number of carbonyl (C=O) groups is 3. The third kappa shape index (κ3) is 4.81. The van der Waals surface area contributed by atoms with E-state index in [9.17, 15) is 32.3 Å². The quantitative estimate of drug-likeness (QED) is 0.317. The number of anilines is 2. The van der Waals surface area contributed by atoms with Crippen molar-refractivity contribution in [3.63, 3.8) is 0 Å². The van der Waals surface area contributed by atoms with Crippen molar-refractivity contribution in [2.24, 2.45) is 5.92 Å². The van der Waals surface area contributed by atoms with Gasteiger partial charge in [-0.1, -0.05) is 53.4 Å². The SMILES string of the molecule is Cc1ccccc1NC(=O)Cn1c2c(sc1=O)C(c1cccnc1)C1C(=O)N(c3cccc(C(F)(F)F)c3)C(=O)C1S2. The molecule has 0 spiro atoms. The van der Waals surface area contributed by atoms with Gasteiger partial charge >= 0.3 is 11.0 Å². The van der Waals surface area contributed by atoms with Crippen molar-refractivity contribution in [2.45, 2.75) is 35.8 Å². The molecule has 1 saturated heterocycles. The average molecular weight is 611 g/mol. The molecule has 4 aromatic rings. The fourth-order valence-electron chi connectivity index (χ4n) is 5.30. The van der Waals surface area contributed by atoms with E-state index < -0.39 is 51.4 Å². The maximum atomic E-state index is 13.9. The number of aromatic nitrogens is 2. The first-order chi connectivity index (χ1) is 20.0. The number of thioether (sulfide) groups is 1. The average Bonchev–Trinajstić information content (AvgIpc) is 3.40. The third-order valence-corrected chi connectivity index (χ3v) is 9.85. The Labute approximate surface area is 245 Å². The number of hydrogen-bond donors (Lipinski definition) is 1. The molecular formula is C29H21F3N4O4S2. The van der Waals surface area contributed by atoms with E-state index in [1.807, 2.05) is 19.1 Å². The lowest BCUT2D eigenvalue weighted by atomic mass is 9.84. The molecule has 2 aliphatic rings. The van der Waals surface area contributed by atoms with Crippen LogP contribution in [0, 0.1) is 12.8 Å². The Kier molecular flexibility index (Phi) is 7.01. The summed E-state index contributed by atoms with van der Waals surface area (Å²) in [6, 6.07) is 14.6. The summed E-state index contributed by atoms with van der Waals surface area (Å²) in [6.45, 7) is 1.50. The number of rotatable bonds is 5. The fourth-order valence-corrected chi connectivity index (χ4v) is 8.07. The van der Waals surface area contributed by atoms with Crippen LogP contribution in [0.1, 0.15) is 27.5 Å². The largest absolute Gasteiger partial charge is 0.416 e. The van der Waals surface area contributed by atoms with Crippen LogP contribution in [0.4, 0.5) is 24.5 Å². The molecule has 13 heteroatoms. The van der Waals surface area contributed by atoms with E-state index in [2.05, 4.69) is 10.3 Å². The van der Waals surface area contributed by atoms with Crippen molar-refractivity contribution in [2.75, 3.05) is 10.2 Å². The minimum absolute atomic E-state index is 0.182. The second kappa shape index (κ2) is 10.6. The van der Waals surface area contributed by atoms with Crippen molar-refractivity contribution in [1.82, 2.24) is 9.55 Å². The standard InChI is InChI=1S/C29H21F3N4O4S2/c1-15-6-2-3-10-19(15)34-20(37)14-35-27-24(42-28(35)40)21(16-7-5-11-33-13-16)22-23(41-27)26(39)36(25(22)38)18-9-4-8-17(12-18)29(30,31)32/h2-13,21-23H,14H2,1H3,(H,34,37). The predicted octanol–water partition coefficient (Wildman–Crippen LogP) is 5.07. The molecule has 3 amide bonds. The zero-order chi connectivity index (χ0) is 29.8. The van der Waals surface area contributed by atoms with Crippen LogP contribution in [0.2, 0.25) is 0 Å². The van der Waals surface area contributed by atoms with Crippen LogP contribution in [0.15, 0.2) is 82.9 Å². The molecule has 3 unspecified atom stereocenters. The van der Waals surface area contributed by atoms with Gasteiger partial charge in [0.1, 0.15) is 11.8 Å². The molecule has 0 aliphatic carbocycles. The summed E-state index contributed by atoms with van der Waals surface area (Å²) in [5.41, 5.74) is 0.828. The van der Waals surface area contributed by atoms with Crippen LogP contribution in [-0.2, 0) is 27.1 Å². The number of amides is 3. The Morgan fingerprint density at radius 2 is 1.81 bits per heavy atom. The van der Waals surface area contributed by atoms with Gasteiger partial charge in [-0.05, 0) is 48.4 Å². The molecule has 2 aromatic heterocycles. The molecule has 4 heterocycles. The summed E-state index contributed by atoms with van der Waals surface area (Å²) in [6.07, 6.45) is -1.59. The number of aryl methyl sites for hydroxylation is 1. The van der Waals surface area contributed by atoms with Gasteiger partial charge in [-0.25, -0.2) is 4.90 Å². The molecule has 2 aliphatic heterocycles. The first kappa shape index (κ1) is 27.9. The van der Waals surface area contributed by atoms with E-state index in [4.69, 9.17) is 0 Å². The molecule has 1 N–H and O–H groups in total. The zero-order valence-corrected chi connectivity index (χ0v) is 23.4. The van der Waals surface area contributed by atoms with Crippen molar-refractivity contribution >= 4 is 52.2 Å². The van der Waals surface area contributed by atoms with Gasteiger partial charge in [0.2, 0.25) is 17.7 Å². The minimum Gasteiger partial charge on any atom is -0.324 e. The molecule has 2 aromatic carbocycles. The molecule has 0 radical (unpaired) electrons. The second-order valence-corrected chi connectivity index (χ2v) is 12.0. The number of nitrogens with one attached hydrogen (secondary N) is 1. The van der Waals surface area contributed by atoms with E-state index in [0.717, 1.165) is 51.8 Å². The number of hydrogen-bond acceptors (Lipinski definition) is 7. The van der Waals surface area contributed by atoms with Crippen LogP contribution in [0.25, 0.3) is 0 Å². The number of nitrogens with zero attached hydrogens (tertiary/aromatic N) is 3. The van der Waals surface area contributed by atoms with Crippen LogP contribution in [0.3, 0.4) is 0 Å². The van der Waals surface area contributed by atoms with E-state index in [0.29, 0.717) is 21.2 Å². The van der Waals surface area contributed by atoms with Crippen LogP contribution < -0.4 is 15.1 Å². The Morgan fingerprint density at radius 3 is 2.52 bits per heavy atom. The Bertz CT molecular complexity index is 1790. The summed E-state index contributed by atoms with van der Waals surface area (Å²) < 4.78 is 41.6. The molecule has 3 atom stereocenters. The summed E-state index contributed by atoms with van der Waals surface area (Å²) in [7, 11) is 0. The summed E-state index contributed by atoms with van der Waals surface area (Å²) in [5.74, 6) is -3.58. The lowest BCUT2D eigenvalue weighted by Crippen LogP contribution is -2.33. The van der Waals surface area contributed by atoms with Gasteiger partial charge in [0.15, 0.2) is 0 Å². The van der Waals surface area contributed by atoms with Crippen molar-refractivity contribution < 1.29 is 27.6 Å². The monoisotopic (exact) mass is 610 g/mol. The number of para-hydroxylation sites is 1. The smallest absolute Gasteiger partial charge is 0.324 e. The molecule has 0 bridgehead atoms. The number of thiazole rings is 1. The first-order valence-corrected chi connectivity index (χ1v) is 14.4. The van der Waals surface area contributed by atoms with Crippen LogP contribution in [0.5, 0.6) is 0 Å². The number of fused-ring (bicyclic) bond motifs is 2. The maximum absolute atomic E-state index is 13.9. The molecule has 8 nitrogen and oxygen atoms in total. The van der Waals surface area contributed by atoms with Gasteiger partial charge < -0.3 is 5.32 Å². The topological polar surface area (TPSA) is 101 Å². The Hall–Kier alpha value is -4.23. The van der Waals surface area contributed by atoms with Gasteiger partial charge in [-0.15, -0.1) is 0 Å². The van der Waals surface area contributed by atoms with Gasteiger partial charge in [0, 0.05) is 28.9 Å². The zero-order valence-electron chi connectivity index (χ0n) is 21.8. The van der Waals surface area contributed by atoms with E-state index in [1.165, 1.54) is 16.8 Å². The Morgan fingerprint density at radius 1 is 1.02 bits per heavy atom. The van der Waals surface area contributed by atoms with Gasteiger partial charge in [0.05, 0.1) is 22.2 Å². The molecule has 42 heavy (non-hydrogen) atoms. The van der Waals surface area contributed by atoms with Gasteiger partial charge in [-0.2, -0.15) is 13.2 Å². The first-order valence-electron chi connectivity index (χ1n) is 12.7. The molecule has 1 fully saturated rings. The van der Waals surface area contributed by atoms with Gasteiger partial charge in [0.25, 0.3) is 0 Å². The summed E-state index contributed by atoms with van der Waals surface area (Å²) in [4.78, 5) is 58.8. The molecule has 214 valence electrons. The summed E-state index contributed by atoms with van der Waals surface area (Å²) >= 11 is 1.86. The third-order valence-electron chi connectivity index (χ3n) is 7.25. The van der Waals surface area contributed by atoms with Gasteiger partial charge in [-0.3, -0.25) is 28.7 Å². The number of halogens is 3. The molecular weight excluding hydrogens is 589 g/mol. The fraction of sp³-hybridized carbons (Fsp3) is 0.207. The highest BCUT2D eigenvalue weighted by Crippen LogP contribution is 2.54. The van der Waals surface area contributed by atoms with Crippen LogP contribution >= 0.6 is 23.1 Å². The minimum atomic E-state index is -4.67. The lowest BCUT2D eigenvalue weighted by molar-refractivity contribution is -0.137. The number of benzene rings is 2. The number of pyridine rings is 1. The highest BCUT2D eigenvalue weighted by atomic mass is 32.2. The number of alkyl halides is 3.